The van der Waals surface area contributed by atoms with Gasteiger partial charge < -0.3 is 24.6 Å². The van der Waals surface area contributed by atoms with Crippen molar-refractivity contribution in [3.8, 4) is 11.6 Å². The van der Waals surface area contributed by atoms with E-state index < -0.39 is 18.1 Å². The number of aromatic nitrogens is 2. The number of carbonyl (C=O) groups excluding carboxylic acids is 1. The van der Waals surface area contributed by atoms with E-state index in [9.17, 15) is 9.18 Å². The second kappa shape index (κ2) is 10.9. The highest BCUT2D eigenvalue weighted by atomic mass is 19.1. The fourth-order valence-corrected chi connectivity index (χ4v) is 3.29. The van der Waals surface area contributed by atoms with Gasteiger partial charge in [0.25, 0.3) is 0 Å². The first kappa shape index (κ1) is 23.5. The number of likely N-dealkylation sites (tertiary alicyclic amines) is 1. The first-order valence-electron chi connectivity index (χ1n) is 10.6. The Morgan fingerprint density at radius 1 is 1.34 bits per heavy atom. The SMILES string of the molecule is Cc1c(Nc2ccc(OCCO)cc2F)ncnc1OC1CCCCN1C(=O)OC(C)C. The number of rotatable bonds is 8. The van der Waals surface area contributed by atoms with Gasteiger partial charge in [-0.3, -0.25) is 4.90 Å². The molecule has 10 heteroatoms. The molecule has 1 saturated heterocycles. The molecule has 1 amide bonds. The zero-order chi connectivity index (χ0) is 23.1. The molecule has 174 valence electrons. The van der Waals surface area contributed by atoms with Crippen LogP contribution in [0.2, 0.25) is 0 Å². The van der Waals surface area contributed by atoms with Gasteiger partial charge >= 0.3 is 6.09 Å². The Hall–Kier alpha value is -3.14. The number of carbonyl (C=O) groups is 1. The Labute approximate surface area is 186 Å². The summed E-state index contributed by atoms with van der Waals surface area (Å²) in [6, 6.07) is 4.34. The zero-order valence-corrected chi connectivity index (χ0v) is 18.5. The van der Waals surface area contributed by atoms with Crippen molar-refractivity contribution in [3.63, 3.8) is 0 Å². The van der Waals surface area contributed by atoms with E-state index in [1.165, 1.54) is 18.5 Å². The van der Waals surface area contributed by atoms with Gasteiger partial charge in [0, 0.05) is 19.0 Å². The van der Waals surface area contributed by atoms with E-state index in [-0.39, 0.29) is 25.0 Å². The number of anilines is 2. The molecule has 0 saturated carbocycles. The van der Waals surface area contributed by atoms with Crippen LogP contribution in [0, 0.1) is 12.7 Å². The van der Waals surface area contributed by atoms with E-state index in [2.05, 4.69) is 15.3 Å². The minimum absolute atomic E-state index is 0.0842. The first-order valence-corrected chi connectivity index (χ1v) is 10.6. The molecule has 2 aromatic rings. The lowest BCUT2D eigenvalue weighted by Crippen LogP contribution is -2.47. The summed E-state index contributed by atoms with van der Waals surface area (Å²) >= 11 is 0. The smallest absolute Gasteiger partial charge is 0.412 e. The molecule has 32 heavy (non-hydrogen) atoms. The molecule has 0 spiro atoms. The average Bonchev–Trinajstić information content (AvgIpc) is 2.76. The van der Waals surface area contributed by atoms with Gasteiger partial charge in [-0.2, -0.15) is 0 Å². The molecule has 1 unspecified atom stereocenters. The van der Waals surface area contributed by atoms with E-state index in [4.69, 9.17) is 19.3 Å². The summed E-state index contributed by atoms with van der Waals surface area (Å²) in [5, 5.41) is 11.8. The molecule has 9 nitrogen and oxygen atoms in total. The van der Waals surface area contributed by atoms with Gasteiger partial charge in [-0.15, -0.1) is 0 Å². The quantitative estimate of drug-likeness (QED) is 0.629. The van der Waals surface area contributed by atoms with Crippen molar-refractivity contribution < 1.29 is 28.5 Å². The van der Waals surface area contributed by atoms with Crippen LogP contribution in [0.25, 0.3) is 0 Å². The molecule has 0 aliphatic carbocycles. The summed E-state index contributed by atoms with van der Waals surface area (Å²) in [5.41, 5.74) is 0.782. The summed E-state index contributed by atoms with van der Waals surface area (Å²) in [6.07, 6.45) is 2.62. The molecule has 0 bridgehead atoms. The third kappa shape index (κ3) is 5.97. The molecule has 3 rings (SSSR count). The summed E-state index contributed by atoms with van der Waals surface area (Å²) < 4.78 is 31.1. The van der Waals surface area contributed by atoms with E-state index in [0.29, 0.717) is 36.0 Å². The van der Waals surface area contributed by atoms with Crippen molar-refractivity contribution in [3.05, 3.63) is 35.9 Å². The van der Waals surface area contributed by atoms with Crippen LogP contribution in [0.1, 0.15) is 38.7 Å². The van der Waals surface area contributed by atoms with Crippen LogP contribution in [0.15, 0.2) is 24.5 Å². The van der Waals surface area contributed by atoms with Gasteiger partial charge in [0.15, 0.2) is 6.23 Å². The maximum Gasteiger partial charge on any atom is 0.412 e. The second-order valence-corrected chi connectivity index (χ2v) is 7.69. The molecule has 0 radical (unpaired) electrons. The van der Waals surface area contributed by atoms with Gasteiger partial charge in [-0.25, -0.2) is 19.2 Å². The van der Waals surface area contributed by atoms with Crippen LogP contribution in [0.4, 0.5) is 20.7 Å². The lowest BCUT2D eigenvalue weighted by atomic mass is 10.1. The lowest BCUT2D eigenvalue weighted by molar-refractivity contribution is -0.0166. The van der Waals surface area contributed by atoms with E-state index in [0.717, 1.165) is 12.8 Å². The van der Waals surface area contributed by atoms with E-state index in [1.807, 2.05) is 0 Å². The maximum absolute atomic E-state index is 14.5. The zero-order valence-electron chi connectivity index (χ0n) is 18.5. The minimum atomic E-state index is -0.532. The Morgan fingerprint density at radius 3 is 2.88 bits per heavy atom. The number of hydrogen-bond acceptors (Lipinski definition) is 8. The van der Waals surface area contributed by atoms with Crippen LogP contribution in [0.5, 0.6) is 11.6 Å². The molecular weight excluding hydrogens is 419 g/mol. The molecule has 2 heterocycles. The molecule has 1 aromatic heterocycles. The number of ether oxygens (including phenoxy) is 3. The molecule has 1 aliphatic heterocycles. The predicted molar refractivity (Wildman–Crippen MR) is 116 cm³/mol. The van der Waals surface area contributed by atoms with Crippen LogP contribution in [-0.2, 0) is 4.74 Å². The van der Waals surface area contributed by atoms with Crippen molar-refractivity contribution in [1.29, 1.82) is 0 Å². The number of amides is 1. The Kier molecular flexibility index (Phi) is 8.04. The number of hydrogen-bond donors (Lipinski definition) is 2. The highest BCUT2D eigenvalue weighted by Gasteiger charge is 2.31. The molecule has 1 atom stereocenters. The molecule has 1 aromatic carbocycles. The topological polar surface area (TPSA) is 106 Å². The molecule has 1 aliphatic rings. The van der Waals surface area contributed by atoms with Crippen LogP contribution >= 0.6 is 0 Å². The number of aliphatic hydroxyl groups excluding tert-OH is 1. The Bertz CT molecular complexity index is 927. The highest BCUT2D eigenvalue weighted by Crippen LogP contribution is 2.29. The molecule has 2 N–H and O–H groups in total. The molecule has 1 fully saturated rings. The minimum Gasteiger partial charge on any atom is -0.491 e. The van der Waals surface area contributed by atoms with Crippen LogP contribution in [-0.4, -0.2) is 58.2 Å². The van der Waals surface area contributed by atoms with Crippen LogP contribution < -0.4 is 14.8 Å². The normalized spacial score (nSPS) is 16.1. The number of aliphatic hydroxyl groups is 1. The third-order valence-corrected chi connectivity index (χ3v) is 4.86. The van der Waals surface area contributed by atoms with Gasteiger partial charge in [0.1, 0.15) is 30.3 Å². The summed E-state index contributed by atoms with van der Waals surface area (Å²) in [7, 11) is 0. The lowest BCUT2D eigenvalue weighted by Gasteiger charge is -2.35. The Morgan fingerprint density at radius 2 is 2.16 bits per heavy atom. The number of nitrogens with zero attached hydrogens (tertiary/aromatic N) is 3. The van der Waals surface area contributed by atoms with E-state index in [1.54, 1.807) is 31.7 Å². The fraction of sp³-hybridized carbons (Fsp3) is 0.500. The van der Waals surface area contributed by atoms with Crippen molar-refractivity contribution >= 4 is 17.6 Å². The van der Waals surface area contributed by atoms with Crippen LogP contribution in [0.3, 0.4) is 0 Å². The van der Waals surface area contributed by atoms with Gasteiger partial charge in [-0.1, -0.05) is 0 Å². The predicted octanol–water partition coefficient (Wildman–Crippen LogP) is 3.77. The summed E-state index contributed by atoms with van der Waals surface area (Å²) in [4.78, 5) is 22.4. The van der Waals surface area contributed by atoms with Crippen molar-refractivity contribution in [2.75, 3.05) is 25.1 Å². The van der Waals surface area contributed by atoms with E-state index >= 15 is 0 Å². The second-order valence-electron chi connectivity index (χ2n) is 7.69. The van der Waals surface area contributed by atoms with Crippen molar-refractivity contribution in [2.24, 2.45) is 0 Å². The summed E-state index contributed by atoms with van der Waals surface area (Å²) in [5.74, 6) is 0.470. The number of nitrogens with one attached hydrogen (secondary N) is 1. The number of benzene rings is 1. The van der Waals surface area contributed by atoms with Crippen molar-refractivity contribution in [2.45, 2.75) is 52.4 Å². The van der Waals surface area contributed by atoms with Gasteiger partial charge in [0.05, 0.1) is 24.0 Å². The monoisotopic (exact) mass is 448 g/mol. The standard InChI is InChI=1S/C22H29FN4O5/c1-14(2)31-22(29)27-9-5-4-6-19(27)32-21-15(3)20(24-13-25-21)26-18-8-7-16(12-17(18)23)30-11-10-28/h7-8,12-14,19,28H,4-6,9-11H2,1-3H3,(H,24,25,26). The average molecular weight is 448 g/mol. The fourth-order valence-electron chi connectivity index (χ4n) is 3.29. The molecular formula is C22H29FN4O5. The first-order chi connectivity index (χ1) is 15.4. The van der Waals surface area contributed by atoms with Gasteiger partial charge in [-0.05, 0) is 45.7 Å². The maximum atomic E-state index is 14.5. The summed E-state index contributed by atoms with van der Waals surface area (Å²) in [6.45, 7) is 5.83. The van der Waals surface area contributed by atoms with Crippen molar-refractivity contribution in [1.82, 2.24) is 14.9 Å². The Balaban J connectivity index is 1.74. The largest absolute Gasteiger partial charge is 0.491 e. The third-order valence-electron chi connectivity index (χ3n) is 4.86. The highest BCUT2D eigenvalue weighted by molar-refractivity contribution is 5.68. The van der Waals surface area contributed by atoms with Gasteiger partial charge in [0.2, 0.25) is 5.88 Å². The number of piperidine rings is 1. The number of halogens is 1.